The van der Waals surface area contributed by atoms with E-state index >= 15 is 0 Å². The summed E-state index contributed by atoms with van der Waals surface area (Å²) in [5.74, 6) is 1.81. The van der Waals surface area contributed by atoms with Crippen LogP contribution in [0, 0.1) is 12.7 Å². The number of aryl methyl sites for hydroxylation is 1. The van der Waals surface area contributed by atoms with E-state index in [0.29, 0.717) is 18.7 Å². The Labute approximate surface area is 153 Å². The quantitative estimate of drug-likeness (QED) is 0.675. The molecule has 1 N–H and O–H groups in total. The second-order valence-corrected chi connectivity index (χ2v) is 6.91. The molecule has 2 aromatic carbocycles. The van der Waals surface area contributed by atoms with Crippen molar-refractivity contribution in [1.29, 1.82) is 0 Å². The number of amides is 1. The number of nitrogens with one attached hydrogen (secondary N) is 1. The van der Waals surface area contributed by atoms with Crippen LogP contribution < -0.4 is 10.1 Å². The average Bonchev–Trinajstić information content (AvgIpc) is 2.61. The molecule has 2 rings (SSSR count). The maximum Gasteiger partial charge on any atom is 0.261 e. The van der Waals surface area contributed by atoms with Crippen molar-refractivity contribution in [3.8, 4) is 5.75 Å². The van der Waals surface area contributed by atoms with Gasteiger partial charge in [0.2, 0.25) is 0 Å². The van der Waals surface area contributed by atoms with Crippen molar-refractivity contribution in [2.45, 2.75) is 32.1 Å². The summed E-state index contributed by atoms with van der Waals surface area (Å²) in [5.41, 5.74) is 2.55. The van der Waals surface area contributed by atoms with Crippen molar-refractivity contribution in [1.82, 2.24) is 5.32 Å². The number of carbonyl (C=O) groups excluding carboxylic acids is 1. The van der Waals surface area contributed by atoms with E-state index < -0.39 is 6.10 Å². The maximum absolute atomic E-state index is 12.9. The number of rotatable bonds is 9. The zero-order valence-corrected chi connectivity index (χ0v) is 15.4. The molecule has 0 aliphatic carbocycles. The number of halogens is 1. The van der Waals surface area contributed by atoms with Crippen molar-refractivity contribution >= 4 is 17.7 Å². The highest BCUT2D eigenvalue weighted by molar-refractivity contribution is 7.98. The van der Waals surface area contributed by atoms with Crippen molar-refractivity contribution in [2.75, 3.05) is 12.3 Å². The highest BCUT2D eigenvalue weighted by Crippen LogP contribution is 2.15. The summed E-state index contributed by atoms with van der Waals surface area (Å²) in [6.45, 7) is 4.57. The molecular formula is C20H24FNO2S. The Hall–Kier alpha value is -2.01. The van der Waals surface area contributed by atoms with Crippen molar-refractivity contribution in [3.05, 3.63) is 65.5 Å². The second-order valence-electron chi connectivity index (χ2n) is 5.80. The van der Waals surface area contributed by atoms with Crippen LogP contribution in [0.1, 0.15) is 24.5 Å². The van der Waals surface area contributed by atoms with E-state index in [-0.39, 0.29) is 11.7 Å². The first-order valence-corrected chi connectivity index (χ1v) is 9.57. The number of carbonyl (C=O) groups is 1. The summed E-state index contributed by atoms with van der Waals surface area (Å²) in [6, 6.07) is 14.1. The monoisotopic (exact) mass is 361 g/mol. The lowest BCUT2D eigenvalue weighted by atomic mass is 10.2. The van der Waals surface area contributed by atoms with E-state index in [1.54, 1.807) is 11.8 Å². The van der Waals surface area contributed by atoms with E-state index in [9.17, 15) is 9.18 Å². The summed E-state index contributed by atoms with van der Waals surface area (Å²) in [4.78, 5) is 12.2. The maximum atomic E-state index is 12.9. The van der Waals surface area contributed by atoms with Gasteiger partial charge in [0.1, 0.15) is 11.6 Å². The molecule has 0 aliphatic rings. The molecule has 0 unspecified atom stereocenters. The fourth-order valence-electron chi connectivity index (χ4n) is 2.35. The molecule has 0 saturated carbocycles. The van der Waals surface area contributed by atoms with E-state index in [0.717, 1.165) is 11.5 Å². The molecule has 5 heteroatoms. The summed E-state index contributed by atoms with van der Waals surface area (Å²) in [7, 11) is 0. The highest BCUT2D eigenvalue weighted by Gasteiger charge is 2.17. The summed E-state index contributed by atoms with van der Waals surface area (Å²) in [5, 5.41) is 2.90. The zero-order chi connectivity index (χ0) is 18.1. The Morgan fingerprint density at radius 1 is 1.24 bits per heavy atom. The molecule has 0 saturated heterocycles. The van der Waals surface area contributed by atoms with Gasteiger partial charge in [-0.05, 0) is 43.2 Å². The molecule has 0 aliphatic heterocycles. The van der Waals surface area contributed by atoms with E-state index in [1.807, 2.05) is 6.92 Å². The van der Waals surface area contributed by atoms with Crippen LogP contribution in [0.2, 0.25) is 0 Å². The SMILES string of the molecule is CC[C@@H](Oc1ccc(F)cc1)C(=O)NCCSCc1cccc(C)c1. The molecular weight excluding hydrogens is 337 g/mol. The van der Waals surface area contributed by atoms with Gasteiger partial charge in [-0.15, -0.1) is 0 Å². The minimum atomic E-state index is -0.563. The second kappa shape index (κ2) is 10.1. The first kappa shape index (κ1) is 19.3. The highest BCUT2D eigenvalue weighted by atomic mass is 32.2. The summed E-state index contributed by atoms with van der Waals surface area (Å²) < 4.78 is 18.5. The zero-order valence-electron chi connectivity index (χ0n) is 14.6. The van der Waals surface area contributed by atoms with Gasteiger partial charge in [-0.25, -0.2) is 4.39 Å². The van der Waals surface area contributed by atoms with E-state index in [2.05, 4.69) is 36.5 Å². The minimum Gasteiger partial charge on any atom is -0.481 e. The van der Waals surface area contributed by atoms with Crippen LogP contribution in [0.5, 0.6) is 5.75 Å². The Morgan fingerprint density at radius 2 is 2.00 bits per heavy atom. The first-order chi connectivity index (χ1) is 12.1. The lowest BCUT2D eigenvalue weighted by Gasteiger charge is -2.17. The fraction of sp³-hybridized carbons (Fsp3) is 0.350. The third-order valence-electron chi connectivity index (χ3n) is 3.65. The molecule has 0 radical (unpaired) electrons. The van der Waals surface area contributed by atoms with Gasteiger partial charge in [-0.3, -0.25) is 4.79 Å². The number of ether oxygens (including phenoxy) is 1. The van der Waals surface area contributed by atoms with Crippen LogP contribution in [0.4, 0.5) is 4.39 Å². The Morgan fingerprint density at radius 3 is 2.68 bits per heavy atom. The van der Waals surface area contributed by atoms with Crippen LogP contribution in [0.3, 0.4) is 0 Å². The molecule has 25 heavy (non-hydrogen) atoms. The van der Waals surface area contributed by atoms with Gasteiger partial charge < -0.3 is 10.1 Å². The molecule has 1 amide bonds. The van der Waals surface area contributed by atoms with Crippen molar-refractivity contribution in [3.63, 3.8) is 0 Å². The van der Waals surface area contributed by atoms with Gasteiger partial charge in [0.05, 0.1) is 0 Å². The standard InChI is InChI=1S/C20H24FNO2S/c1-3-19(24-18-9-7-17(21)8-10-18)20(23)22-11-12-25-14-16-6-4-5-15(2)13-16/h4-10,13,19H,3,11-12,14H2,1-2H3,(H,22,23)/t19-/m1/s1. The van der Waals surface area contributed by atoms with Crippen LogP contribution in [-0.2, 0) is 10.5 Å². The van der Waals surface area contributed by atoms with Gasteiger partial charge in [-0.1, -0.05) is 36.8 Å². The number of benzene rings is 2. The number of hydrogen-bond donors (Lipinski definition) is 1. The van der Waals surface area contributed by atoms with Gasteiger partial charge in [0.25, 0.3) is 5.91 Å². The van der Waals surface area contributed by atoms with Gasteiger partial charge >= 0.3 is 0 Å². The Balaban J connectivity index is 1.69. The third kappa shape index (κ3) is 6.78. The van der Waals surface area contributed by atoms with Crippen LogP contribution in [-0.4, -0.2) is 24.3 Å². The molecule has 0 spiro atoms. The first-order valence-electron chi connectivity index (χ1n) is 8.41. The Bertz CT molecular complexity index is 676. The van der Waals surface area contributed by atoms with Crippen molar-refractivity contribution in [2.24, 2.45) is 0 Å². The average molecular weight is 361 g/mol. The fourth-order valence-corrected chi connectivity index (χ4v) is 3.16. The largest absolute Gasteiger partial charge is 0.481 e. The smallest absolute Gasteiger partial charge is 0.261 e. The van der Waals surface area contributed by atoms with Gasteiger partial charge in [0, 0.05) is 18.1 Å². The molecule has 134 valence electrons. The molecule has 1 atom stereocenters. The van der Waals surface area contributed by atoms with Crippen molar-refractivity contribution < 1.29 is 13.9 Å². The molecule has 2 aromatic rings. The summed E-state index contributed by atoms with van der Waals surface area (Å²) >= 11 is 1.78. The molecule has 3 nitrogen and oxygen atoms in total. The lowest BCUT2D eigenvalue weighted by molar-refractivity contribution is -0.127. The lowest BCUT2D eigenvalue weighted by Crippen LogP contribution is -2.39. The third-order valence-corrected chi connectivity index (χ3v) is 4.68. The van der Waals surface area contributed by atoms with E-state index in [4.69, 9.17) is 4.74 Å². The number of thioether (sulfide) groups is 1. The van der Waals surface area contributed by atoms with Gasteiger partial charge in [0.15, 0.2) is 6.10 Å². The van der Waals surface area contributed by atoms with Gasteiger partial charge in [-0.2, -0.15) is 11.8 Å². The predicted octanol–water partition coefficient (Wildman–Crippen LogP) is 4.34. The van der Waals surface area contributed by atoms with Crippen LogP contribution in [0.25, 0.3) is 0 Å². The van der Waals surface area contributed by atoms with E-state index in [1.165, 1.54) is 35.4 Å². The topological polar surface area (TPSA) is 38.3 Å². The Kier molecular flexibility index (Phi) is 7.79. The molecule has 0 aromatic heterocycles. The van der Waals surface area contributed by atoms with Crippen LogP contribution >= 0.6 is 11.8 Å². The number of hydrogen-bond acceptors (Lipinski definition) is 3. The normalized spacial score (nSPS) is 11.8. The summed E-state index contributed by atoms with van der Waals surface area (Å²) in [6.07, 6.45) is -0.00754. The molecule has 0 heterocycles. The molecule has 0 fully saturated rings. The minimum absolute atomic E-state index is 0.136. The van der Waals surface area contributed by atoms with Crippen LogP contribution in [0.15, 0.2) is 48.5 Å². The molecule has 0 bridgehead atoms. The predicted molar refractivity (Wildman–Crippen MR) is 101 cm³/mol.